The van der Waals surface area contributed by atoms with Crippen LogP contribution in [0.3, 0.4) is 0 Å². The second kappa shape index (κ2) is 5.11. The summed E-state index contributed by atoms with van der Waals surface area (Å²) in [4.78, 5) is 25.2. The van der Waals surface area contributed by atoms with Crippen LogP contribution in [0.2, 0.25) is 0 Å². The Bertz CT molecular complexity index is 910. The topological polar surface area (TPSA) is 76.0 Å². The van der Waals surface area contributed by atoms with Crippen molar-refractivity contribution in [1.82, 2.24) is 4.98 Å². The van der Waals surface area contributed by atoms with Crippen LogP contribution < -0.4 is 0 Å². The number of hydrogen-bond acceptors (Lipinski definition) is 3. The van der Waals surface area contributed by atoms with E-state index >= 15 is 0 Å². The van der Waals surface area contributed by atoms with E-state index in [9.17, 15) is 14.9 Å². The smallest absolute Gasteiger partial charge is 0.270 e. The molecule has 0 aliphatic rings. The fraction of sp³-hybridized carbons (Fsp3) is 0.118. The lowest BCUT2D eigenvalue weighted by molar-refractivity contribution is -0.384. The van der Waals surface area contributed by atoms with Crippen LogP contribution in [0, 0.1) is 24.0 Å². The van der Waals surface area contributed by atoms with Crippen molar-refractivity contribution in [2.75, 3.05) is 0 Å². The number of non-ortho nitro benzene ring substituents is 1. The van der Waals surface area contributed by atoms with Gasteiger partial charge in [0.2, 0.25) is 0 Å². The molecule has 0 atom stereocenters. The highest BCUT2D eigenvalue weighted by Crippen LogP contribution is 2.32. The Morgan fingerprint density at radius 1 is 1.09 bits per heavy atom. The quantitative estimate of drug-likeness (QED) is 0.447. The monoisotopic (exact) mass is 294 g/mol. The van der Waals surface area contributed by atoms with E-state index in [1.165, 1.54) is 17.7 Å². The van der Waals surface area contributed by atoms with Crippen LogP contribution in [-0.4, -0.2) is 16.2 Å². The predicted molar refractivity (Wildman–Crippen MR) is 85.3 cm³/mol. The SMILES string of the molecule is Cc1ccc(-c2[nH]c3ccc([N+](=O)[O-])cc3c2C=O)cc1C. The summed E-state index contributed by atoms with van der Waals surface area (Å²) in [5, 5.41) is 11.5. The standard InChI is InChI=1S/C17H14N2O3/c1-10-3-4-12(7-11(10)2)17-15(9-20)14-8-13(19(21)22)5-6-16(14)18-17/h3-9,18H,1-2H3. The van der Waals surface area contributed by atoms with Crippen molar-refractivity contribution in [3.05, 3.63) is 63.2 Å². The van der Waals surface area contributed by atoms with Crippen molar-refractivity contribution in [3.63, 3.8) is 0 Å². The molecule has 0 fully saturated rings. The van der Waals surface area contributed by atoms with Crippen molar-refractivity contribution in [1.29, 1.82) is 0 Å². The molecule has 5 nitrogen and oxygen atoms in total. The number of aryl methyl sites for hydroxylation is 2. The van der Waals surface area contributed by atoms with Crippen molar-refractivity contribution < 1.29 is 9.72 Å². The first-order valence-electron chi connectivity index (χ1n) is 6.84. The number of nitrogens with zero attached hydrogens (tertiary/aromatic N) is 1. The number of nitro groups is 1. The lowest BCUT2D eigenvalue weighted by Crippen LogP contribution is -1.88. The molecule has 0 aliphatic carbocycles. The third-order valence-electron chi connectivity index (χ3n) is 3.95. The second-order valence-corrected chi connectivity index (χ2v) is 5.32. The summed E-state index contributed by atoms with van der Waals surface area (Å²) in [7, 11) is 0. The zero-order valence-electron chi connectivity index (χ0n) is 12.2. The van der Waals surface area contributed by atoms with Crippen molar-refractivity contribution >= 4 is 22.9 Å². The predicted octanol–water partition coefficient (Wildman–Crippen LogP) is 4.17. The first-order valence-corrected chi connectivity index (χ1v) is 6.84. The van der Waals surface area contributed by atoms with Gasteiger partial charge in [0, 0.05) is 28.6 Å². The molecule has 22 heavy (non-hydrogen) atoms. The molecule has 0 radical (unpaired) electrons. The number of carbonyl (C=O) groups excluding carboxylic acids is 1. The molecular weight excluding hydrogens is 280 g/mol. The van der Waals surface area contributed by atoms with E-state index in [2.05, 4.69) is 4.98 Å². The number of fused-ring (bicyclic) bond motifs is 1. The average molecular weight is 294 g/mol. The molecule has 110 valence electrons. The molecule has 0 amide bonds. The summed E-state index contributed by atoms with van der Waals surface area (Å²) in [6, 6.07) is 10.4. The van der Waals surface area contributed by atoms with Crippen LogP contribution in [0.15, 0.2) is 36.4 Å². The highest BCUT2D eigenvalue weighted by molar-refractivity contribution is 6.05. The minimum atomic E-state index is -0.462. The van der Waals surface area contributed by atoms with E-state index in [-0.39, 0.29) is 5.69 Å². The maximum absolute atomic E-state index is 11.5. The summed E-state index contributed by atoms with van der Waals surface area (Å²) >= 11 is 0. The van der Waals surface area contributed by atoms with Gasteiger partial charge in [-0.3, -0.25) is 14.9 Å². The number of carbonyl (C=O) groups is 1. The summed E-state index contributed by atoms with van der Waals surface area (Å²) < 4.78 is 0. The molecule has 1 aromatic heterocycles. The summed E-state index contributed by atoms with van der Waals surface area (Å²) in [5.74, 6) is 0. The highest BCUT2D eigenvalue weighted by atomic mass is 16.6. The Morgan fingerprint density at radius 2 is 1.86 bits per heavy atom. The Morgan fingerprint density at radius 3 is 2.50 bits per heavy atom. The lowest BCUT2D eigenvalue weighted by Gasteiger charge is -2.04. The molecular formula is C17H14N2O3. The molecule has 0 aliphatic heterocycles. The molecule has 2 aromatic carbocycles. The van der Waals surface area contributed by atoms with Crippen LogP contribution in [0.1, 0.15) is 21.5 Å². The number of aromatic amines is 1. The first-order chi connectivity index (χ1) is 10.5. The number of rotatable bonds is 3. The maximum Gasteiger partial charge on any atom is 0.270 e. The van der Waals surface area contributed by atoms with Crippen molar-refractivity contribution in [3.8, 4) is 11.3 Å². The molecule has 1 heterocycles. The molecule has 0 saturated carbocycles. The Hall–Kier alpha value is -2.95. The minimum Gasteiger partial charge on any atom is -0.354 e. The van der Waals surface area contributed by atoms with Gasteiger partial charge in [0.25, 0.3) is 5.69 Å². The van der Waals surface area contributed by atoms with Gasteiger partial charge >= 0.3 is 0 Å². The van der Waals surface area contributed by atoms with Crippen LogP contribution in [0.5, 0.6) is 0 Å². The van der Waals surface area contributed by atoms with E-state index in [0.29, 0.717) is 22.2 Å². The fourth-order valence-electron chi connectivity index (χ4n) is 2.56. The lowest BCUT2D eigenvalue weighted by atomic mass is 10.0. The van der Waals surface area contributed by atoms with Crippen molar-refractivity contribution in [2.45, 2.75) is 13.8 Å². The van der Waals surface area contributed by atoms with Crippen molar-refractivity contribution in [2.24, 2.45) is 0 Å². The number of hydrogen-bond donors (Lipinski definition) is 1. The number of benzene rings is 2. The number of H-pyrrole nitrogens is 1. The molecule has 0 bridgehead atoms. The molecule has 0 saturated heterocycles. The van der Waals surface area contributed by atoms with Gasteiger partial charge in [-0.25, -0.2) is 0 Å². The first kappa shape index (κ1) is 14.0. The van der Waals surface area contributed by atoms with Gasteiger partial charge in [-0.05, 0) is 42.7 Å². The number of aldehydes is 1. The summed E-state index contributed by atoms with van der Waals surface area (Å²) in [5.41, 5.74) is 5.00. The average Bonchev–Trinajstić information content (AvgIpc) is 2.87. The van der Waals surface area contributed by atoms with Crippen LogP contribution in [0.4, 0.5) is 5.69 Å². The molecule has 5 heteroatoms. The zero-order chi connectivity index (χ0) is 15.9. The van der Waals surface area contributed by atoms with E-state index in [4.69, 9.17) is 0 Å². The number of aromatic nitrogens is 1. The van der Waals surface area contributed by atoms with Gasteiger partial charge < -0.3 is 4.98 Å². The molecule has 1 N–H and O–H groups in total. The Kier molecular flexibility index (Phi) is 3.25. The van der Waals surface area contributed by atoms with Gasteiger partial charge in [0.05, 0.1) is 10.6 Å². The Labute approximate surface area is 126 Å². The highest BCUT2D eigenvalue weighted by Gasteiger charge is 2.16. The fourth-order valence-corrected chi connectivity index (χ4v) is 2.56. The van der Waals surface area contributed by atoms with E-state index in [1.54, 1.807) is 6.07 Å². The van der Waals surface area contributed by atoms with Gasteiger partial charge in [0.15, 0.2) is 6.29 Å². The molecule has 0 spiro atoms. The maximum atomic E-state index is 11.5. The normalized spacial score (nSPS) is 10.8. The van der Waals surface area contributed by atoms with Crippen LogP contribution in [0.25, 0.3) is 22.2 Å². The van der Waals surface area contributed by atoms with E-state index in [1.807, 2.05) is 32.0 Å². The summed E-state index contributed by atoms with van der Waals surface area (Å²) in [6.45, 7) is 4.03. The summed E-state index contributed by atoms with van der Waals surface area (Å²) in [6.07, 6.45) is 0.743. The van der Waals surface area contributed by atoms with E-state index in [0.717, 1.165) is 17.4 Å². The van der Waals surface area contributed by atoms with Gasteiger partial charge in [-0.15, -0.1) is 0 Å². The largest absolute Gasteiger partial charge is 0.354 e. The Balaban J connectivity index is 2.27. The number of nitrogens with one attached hydrogen (secondary N) is 1. The second-order valence-electron chi connectivity index (χ2n) is 5.32. The third kappa shape index (κ3) is 2.16. The van der Waals surface area contributed by atoms with Crippen LogP contribution >= 0.6 is 0 Å². The molecule has 0 unspecified atom stereocenters. The van der Waals surface area contributed by atoms with Crippen LogP contribution in [-0.2, 0) is 0 Å². The minimum absolute atomic E-state index is 0.0266. The molecule has 3 aromatic rings. The third-order valence-corrected chi connectivity index (χ3v) is 3.95. The molecule has 3 rings (SSSR count). The van der Waals surface area contributed by atoms with E-state index < -0.39 is 4.92 Å². The zero-order valence-corrected chi connectivity index (χ0v) is 12.2. The van der Waals surface area contributed by atoms with Gasteiger partial charge in [0.1, 0.15) is 0 Å². The number of nitro benzene ring substituents is 1. The van der Waals surface area contributed by atoms with Gasteiger partial charge in [-0.1, -0.05) is 12.1 Å². The van der Waals surface area contributed by atoms with Gasteiger partial charge in [-0.2, -0.15) is 0 Å².